The molecular formula is C20H16N2O3S. The van der Waals surface area contributed by atoms with E-state index >= 15 is 0 Å². The smallest absolute Gasteiger partial charge is 0.195 e. The Bertz CT molecular complexity index is 1100. The van der Waals surface area contributed by atoms with Crippen molar-refractivity contribution in [2.75, 3.05) is 14.2 Å². The Labute approximate surface area is 154 Å². The third-order valence-electron chi connectivity index (χ3n) is 4.24. The molecule has 0 unspecified atom stereocenters. The van der Waals surface area contributed by atoms with Gasteiger partial charge in [0.15, 0.2) is 11.2 Å². The van der Waals surface area contributed by atoms with E-state index in [-0.39, 0.29) is 0 Å². The average molecular weight is 364 g/mol. The normalized spacial score (nSPS) is 10.8. The van der Waals surface area contributed by atoms with Gasteiger partial charge in [-0.3, -0.25) is 9.20 Å². The van der Waals surface area contributed by atoms with Gasteiger partial charge in [0.2, 0.25) is 0 Å². The number of thiazole rings is 1. The lowest BCUT2D eigenvalue weighted by Crippen LogP contribution is -1.96. The predicted octanol–water partition coefficient (Wildman–Crippen LogP) is 4.56. The number of para-hydroxylation sites is 1. The highest BCUT2D eigenvalue weighted by atomic mass is 32.1. The standard InChI is InChI=1S/C20H16N2O3S/c1-24-14-7-5-6-13(10-14)19-16(11-23)22-17(12-26-20(22)21-19)15-8-3-4-9-18(15)25-2/h3-12H,1-2H3. The number of methoxy groups -OCH3 is 2. The maximum atomic E-state index is 11.9. The summed E-state index contributed by atoms with van der Waals surface area (Å²) in [5, 5.41) is 1.99. The summed E-state index contributed by atoms with van der Waals surface area (Å²) in [6, 6.07) is 15.3. The van der Waals surface area contributed by atoms with E-state index in [2.05, 4.69) is 4.98 Å². The minimum Gasteiger partial charge on any atom is -0.497 e. The summed E-state index contributed by atoms with van der Waals surface area (Å²) in [6.07, 6.45) is 0.848. The highest BCUT2D eigenvalue weighted by Crippen LogP contribution is 2.36. The zero-order valence-corrected chi connectivity index (χ0v) is 15.1. The summed E-state index contributed by atoms with van der Waals surface area (Å²) in [5.41, 5.74) is 3.79. The number of aromatic nitrogens is 2. The third-order valence-corrected chi connectivity index (χ3v) is 5.06. The van der Waals surface area contributed by atoms with Crippen LogP contribution in [0.2, 0.25) is 0 Å². The van der Waals surface area contributed by atoms with E-state index in [0.717, 1.165) is 39.6 Å². The van der Waals surface area contributed by atoms with Gasteiger partial charge in [-0.15, -0.1) is 11.3 Å². The molecule has 2 aromatic heterocycles. The van der Waals surface area contributed by atoms with Crippen LogP contribution in [0.5, 0.6) is 11.5 Å². The fraction of sp³-hybridized carbons (Fsp3) is 0.100. The first-order valence-corrected chi connectivity index (χ1v) is 8.87. The molecule has 0 aliphatic heterocycles. The van der Waals surface area contributed by atoms with Crippen molar-refractivity contribution >= 4 is 22.6 Å². The van der Waals surface area contributed by atoms with E-state index in [1.54, 1.807) is 14.2 Å². The van der Waals surface area contributed by atoms with Gasteiger partial charge in [0.1, 0.15) is 22.9 Å². The first-order chi connectivity index (χ1) is 12.8. The molecule has 2 heterocycles. The Morgan fingerprint density at radius 2 is 1.92 bits per heavy atom. The number of hydrogen-bond donors (Lipinski definition) is 0. The summed E-state index contributed by atoms with van der Waals surface area (Å²) in [7, 11) is 3.25. The van der Waals surface area contributed by atoms with Gasteiger partial charge in [0.25, 0.3) is 0 Å². The van der Waals surface area contributed by atoms with Crippen LogP contribution in [-0.4, -0.2) is 29.9 Å². The SMILES string of the molecule is COc1cccc(-c2nc3scc(-c4ccccc4OC)n3c2C=O)c1. The summed E-state index contributed by atoms with van der Waals surface area (Å²) in [4.78, 5) is 17.4. The molecule has 5 nitrogen and oxygen atoms in total. The van der Waals surface area contributed by atoms with Crippen LogP contribution in [0.25, 0.3) is 27.5 Å². The summed E-state index contributed by atoms with van der Waals surface area (Å²) >= 11 is 1.49. The zero-order valence-electron chi connectivity index (χ0n) is 14.3. The third kappa shape index (κ3) is 2.55. The summed E-state index contributed by atoms with van der Waals surface area (Å²) in [6.45, 7) is 0. The number of imidazole rings is 1. The molecule has 0 amide bonds. The van der Waals surface area contributed by atoms with Crippen molar-refractivity contribution in [3.05, 3.63) is 59.6 Å². The molecule has 0 fully saturated rings. The second kappa shape index (κ2) is 6.65. The van der Waals surface area contributed by atoms with Gasteiger partial charge in [-0.25, -0.2) is 4.98 Å². The molecule has 0 N–H and O–H groups in total. The molecule has 0 spiro atoms. The largest absolute Gasteiger partial charge is 0.497 e. The van der Waals surface area contributed by atoms with Crippen molar-refractivity contribution in [1.82, 2.24) is 9.38 Å². The molecule has 0 radical (unpaired) electrons. The number of carbonyl (C=O) groups excluding carboxylic acids is 1. The van der Waals surface area contributed by atoms with Gasteiger partial charge in [0.05, 0.1) is 19.9 Å². The molecule has 0 saturated heterocycles. The number of hydrogen-bond acceptors (Lipinski definition) is 5. The van der Waals surface area contributed by atoms with E-state index < -0.39 is 0 Å². The highest BCUT2D eigenvalue weighted by Gasteiger charge is 2.20. The first kappa shape index (κ1) is 16.4. The zero-order chi connectivity index (χ0) is 18.1. The summed E-state index contributed by atoms with van der Waals surface area (Å²) < 4.78 is 12.7. The van der Waals surface area contributed by atoms with Crippen LogP contribution in [0.1, 0.15) is 10.5 Å². The fourth-order valence-corrected chi connectivity index (χ4v) is 3.91. The minimum atomic E-state index is 0.510. The Morgan fingerprint density at radius 1 is 1.08 bits per heavy atom. The lowest BCUT2D eigenvalue weighted by Gasteiger charge is -2.08. The Hall–Kier alpha value is -3.12. The second-order valence-electron chi connectivity index (χ2n) is 5.63. The number of ether oxygens (including phenoxy) is 2. The molecule has 6 heteroatoms. The quantitative estimate of drug-likeness (QED) is 0.487. The molecule has 2 aromatic carbocycles. The Morgan fingerprint density at radius 3 is 2.69 bits per heavy atom. The molecule has 0 atom stereocenters. The first-order valence-electron chi connectivity index (χ1n) is 7.99. The monoisotopic (exact) mass is 364 g/mol. The van der Waals surface area contributed by atoms with Crippen LogP contribution >= 0.6 is 11.3 Å². The molecule has 0 saturated carbocycles. The fourth-order valence-electron chi connectivity index (χ4n) is 3.02. The van der Waals surface area contributed by atoms with E-state index in [4.69, 9.17) is 9.47 Å². The van der Waals surface area contributed by atoms with Crippen molar-refractivity contribution in [2.45, 2.75) is 0 Å². The van der Waals surface area contributed by atoms with Crippen molar-refractivity contribution in [1.29, 1.82) is 0 Å². The molecular weight excluding hydrogens is 348 g/mol. The maximum Gasteiger partial charge on any atom is 0.195 e. The second-order valence-corrected chi connectivity index (χ2v) is 6.47. The molecule has 26 heavy (non-hydrogen) atoms. The van der Waals surface area contributed by atoms with Crippen LogP contribution in [0.15, 0.2) is 53.9 Å². The molecule has 0 aliphatic carbocycles. The Kier molecular flexibility index (Phi) is 4.18. The lowest BCUT2D eigenvalue weighted by molar-refractivity contribution is 0.111. The van der Waals surface area contributed by atoms with Crippen molar-refractivity contribution in [3.8, 4) is 34.0 Å². The number of rotatable bonds is 5. The minimum absolute atomic E-state index is 0.510. The van der Waals surface area contributed by atoms with Crippen LogP contribution < -0.4 is 9.47 Å². The van der Waals surface area contributed by atoms with Gasteiger partial charge in [-0.2, -0.15) is 0 Å². The average Bonchev–Trinajstić information content (AvgIpc) is 3.27. The van der Waals surface area contributed by atoms with E-state index in [0.29, 0.717) is 11.4 Å². The van der Waals surface area contributed by atoms with Crippen molar-refractivity contribution in [3.63, 3.8) is 0 Å². The van der Waals surface area contributed by atoms with Gasteiger partial charge in [-0.05, 0) is 24.3 Å². The van der Waals surface area contributed by atoms with Crippen molar-refractivity contribution < 1.29 is 14.3 Å². The number of aldehydes is 1. The van der Waals surface area contributed by atoms with Gasteiger partial charge < -0.3 is 9.47 Å². The van der Waals surface area contributed by atoms with Crippen LogP contribution in [-0.2, 0) is 0 Å². The van der Waals surface area contributed by atoms with Crippen LogP contribution in [0.3, 0.4) is 0 Å². The van der Waals surface area contributed by atoms with Gasteiger partial charge in [0, 0.05) is 16.5 Å². The predicted molar refractivity (Wildman–Crippen MR) is 102 cm³/mol. The highest BCUT2D eigenvalue weighted by molar-refractivity contribution is 7.15. The lowest BCUT2D eigenvalue weighted by atomic mass is 10.1. The molecule has 0 bridgehead atoms. The molecule has 4 aromatic rings. The van der Waals surface area contributed by atoms with Gasteiger partial charge in [-0.1, -0.05) is 24.3 Å². The summed E-state index contributed by atoms with van der Waals surface area (Å²) in [5.74, 6) is 1.47. The number of benzene rings is 2. The van der Waals surface area contributed by atoms with E-state index in [1.165, 1.54) is 11.3 Å². The molecule has 4 rings (SSSR count). The van der Waals surface area contributed by atoms with Crippen molar-refractivity contribution in [2.24, 2.45) is 0 Å². The number of nitrogens with zero attached hydrogens (tertiary/aromatic N) is 2. The Balaban J connectivity index is 1.96. The molecule has 0 aliphatic rings. The number of carbonyl (C=O) groups is 1. The van der Waals surface area contributed by atoms with Crippen LogP contribution in [0, 0.1) is 0 Å². The van der Waals surface area contributed by atoms with E-state index in [9.17, 15) is 4.79 Å². The molecule has 130 valence electrons. The van der Waals surface area contributed by atoms with E-state index in [1.807, 2.05) is 58.3 Å². The number of fused-ring (bicyclic) bond motifs is 1. The topological polar surface area (TPSA) is 52.8 Å². The van der Waals surface area contributed by atoms with Gasteiger partial charge >= 0.3 is 0 Å². The maximum absolute atomic E-state index is 11.9. The van der Waals surface area contributed by atoms with Crippen LogP contribution in [0.4, 0.5) is 0 Å².